The summed E-state index contributed by atoms with van der Waals surface area (Å²) in [4.78, 5) is 15.5. The normalized spacial score (nSPS) is 13.9. The van der Waals surface area contributed by atoms with Crippen molar-refractivity contribution in [3.05, 3.63) is 137 Å². The van der Waals surface area contributed by atoms with E-state index in [2.05, 4.69) is 39.8 Å². The molecule has 2 aliphatic heterocycles. The fraction of sp³-hybridized carbons (Fsp3) is 0.114. The fourth-order valence-corrected chi connectivity index (χ4v) is 5.82. The number of nitrogens with zero attached hydrogens (tertiary/aromatic N) is 1. The number of carbonyl (C=O) groups excluding carboxylic acids is 1. The minimum atomic E-state index is -1.09. The van der Waals surface area contributed by atoms with E-state index >= 15 is 0 Å². The van der Waals surface area contributed by atoms with E-state index in [1.165, 1.54) is 0 Å². The summed E-state index contributed by atoms with van der Waals surface area (Å²) in [7, 11) is 4.06. The highest BCUT2D eigenvalue weighted by molar-refractivity contribution is 5.99. The van der Waals surface area contributed by atoms with Crippen LogP contribution in [0.5, 0.6) is 11.5 Å². The first-order valence-corrected chi connectivity index (χ1v) is 13.6. The van der Waals surface area contributed by atoms with Crippen molar-refractivity contribution in [1.82, 2.24) is 0 Å². The molecule has 0 unspecified atom stereocenters. The Morgan fingerprint density at radius 3 is 1.71 bits per heavy atom. The molecule has 0 saturated carbocycles. The minimum Gasteiger partial charge on any atom is -0.456 e. The quantitative estimate of drug-likeness (QED) is 0.220. The van der Waals surface area contributed by atoms with E-state index in [1.54, 1.807) is 0 Å². The summed E-state index contributed by atoms with van der Waals surface area (Å²) in [6.45, 7) is 1.95. The fourth-order valence-electron chi connectivity index (χ4n) is 5.82. The Hall–Kier alpha value is -5.23. The van der Waals surface area contributed by atoms with Gasteiger partial charge in [0.2, 0.25) is 0 Å². The van der Waals surface area contributed by atoms with Gasteiger partial charge in [-0.2, -0.15) is 0 Å². The predicted molar refractivity (Wildman–Crippen MR) is 163 cm³/mol. The third kappa shape index (κ3) is 4.07. The van der Waals surface area contributed by atoms with Crippen molar-refractivity contribution in [3.8, 4) is 11.5 Å². The van der Waals surface area contributed by atoms with Gasteiger partial charge in [0.1, 0.15) is 11.5 Å². The largest absolute Gasteiger partial charge is 0.456 e. The van der Waals surface area contributed by atoms with E-state index < -0.39 is 5.60 Å². The van der Waals surface area contributed by atoms with Crippen molar-refractivity contribution in [2.45, 2.75) is 12.5 Å². The molecule has 5 aromatic rings. The number of benzene rings is 5. The predicted octanol–water partition coefficient (Wildman–Crippen LogP) is 8.12. The third-order valence-corrected chi connectivity index (χ3v) is 7.76. The molecule has 7 rings (SSSR count). The summed E-state index contributed by atoms with van der Waals surface area (Å²) in [5, 5.41) is 6.99. The number of anilines is 5. The molecule has 6 heteroatoms. The maximum absolute atomic E-state index is 13.4. The lowest BCUT2D eigenvalue weighted by Crippen LogP contribution is -2.32. The number of nitrogens with one attached hydrogen (secondary N) is 2. The van der Waals surface area contributed by atoms with Crippen molar-refractivity contribution in [2.24, 2.45) is 0 Å². The number of rotatable bonds is 5. The van der Waals surface area contributed by atoms with Crippen molar-refractivity contribution in [1.29, 1.82) is 0 Å². The molecule has 0 aliphatic carbocycles. The van der Waals surface area contributed by atoms with E-state index in [1.807, 2.05) is 106 Å². The molecular weight excluding hydrogens is 510 g/mol. The number of para-hydroxylation sites is 2. The second-order valence-electron chi connectivity index (χ2n) is 10.6. The van der Waals surface area contributed by atoms with Gasteiger partial charge in [0.15, 0.2) is 5.60 Å². The number of esters is 1. The highest BCUT2D eigenvalue weighted by atomic mass is 16.6. The number of aryl methyl sites for hydroxylation is 1. The van der Waals surface area contributed by atoms with Crippen LogP contribution < -0.4 is 20.3 Å². The summed E-state index contributed by atoms with van der Waals surface area (Å²) >= 11 is 0. The summed E-state index contributed by atoms with van der Waals surface area (Å²) in [6.07, 6.45) is 0. The lowest BCUT2D eigenvalue weighted by molar-refractivity contribution is 0.0224. The Labute approximate surface area is 239 Å². The van der Waals surface area contributed by atoms with Crippen LogP contribution in [-0.4, -0.2) is 20.1 Å². The van der Waals surface area contributed by atoms with Crippen LogP contribution in [0.4, 0.5) is 28.4 Å². The molecular formula is C35H29N3O3. The maximum Gasteiger partial charge on any atom is 0.340 e. The molecule has 0 atom stereocenters. The molecule has 2 N–H and O–H groups in total. The van der Waals surface area contributed by atoms with E-state index in [4.69, 9.17) is 9.47 Å². The van der Waals surface area contributed by atoms with Crippen molar-refractivity contribution in [3.63, 3.8) is 0 Å². The van der Waals surface area contributed by atoms with Crippen molar-refractivity contribution < 1.29 is 14.3 Å². The van der Waals surface area contributed by atoms with Crippen LogP contribution in [0.3, 0.4) is 0 Å². The smallest absolute Gasteiger partial charge is 0.340 e. The molecule has 6 nitrogen and oxygen atoms in total. The molecule has 2 aliphatic rings. The monoisotopic (exact) mass is 539 g/mol. The SMILES string of the molecule is Cc1cc(Nc2ccc(Nc3ccc(N(C)C)cc3)cc2)cc2c1C(=O)OC21c2ccccc2Oc2ccccc21. The first kappa shape index (κ1) is 24.8. The van der Waals surface area contributed by atoms with Crippen molar-refractivity contribution >= 4 is 34.4 Å². The molecule has 0 saturated heterocycles. The lowest BCUT2D eigenvalue weighted by Gasteiger charge is -2.36. The second-order valence-corrected chi connectivity index (χ2v) is 10.6. The Kier molecular flexibility index (Phi) is 5.71. The van der Waals surface area contributed by atoms with Crippen LogP contribution in [-0.2, 0) is 10.3 Å². The average molecular weight is 540 g/mol. The summed E-state index contributed by atoms with van der Waals surface area (Å²) in [5.41, 5.74) is 7.79. The van der Waals surface area contributed by atoms with Gasteiger partial charge in [-0.05, 0) is 85.3 Å². The lowest BCUT2D eigenvalue weighted by atomic mass is 9.77. The second kappa shape index (κ2) is 9.45. The number of hydrogen-bond donors (Lipinski definition) is 2. The summed E-state index contributed by atoms with van der Waals surface area (Å²) < 4.78 is 12.6. The standard InChI is InChI=1S/C35H29N3O3/c1-22-20-26(37-24-14-12-23(13-15-24)36-25-16-18-27(19-17-25)38(2)3)21-30-33(22)34(39)41-35(30)28-8-4-6-10-31(28)40-32-11-7-5-9-29(32)35/h4-21,36-37H,1-3H3. The number of ether oxygens (including phenoxy) is 2. The molecule has 1 spiro atoms. The Morgan fingerprint density at radius 2 is 1.15 bits per heavy atom. The zero-order chi connectivity index (χ0) is 28.1. The average Bonchev–Trinajstić information content (AvgIpc) is 3.27. The van der Waals surface area contributed by atoms with Crippen LogP contribution in [0.1, 0.15) is 32.6 Å². The van der Waals surface area contributed by atoms with Crippen LogP contribution in [0.25, 0.3) is 0 Å². The number of hydrogen-bond acceptors (Lipinski definition) is 6. The van der Waals surface area contributed by atoms with Crippen LogP contribution in [0, 0.1) is 6.92 Å². The molecule has 0 radical (unpaired) electrons. The van der Waals surface area contributed by atoms with E-state index in [9.17, 15) is 4.79 Å². The molecule has 5 aromatic carbocycles. The number of carbonyl (C=O) groups is 1. The molecule has 202 valence electrons. The van der Waals surface area contributed by atoms with Gasteiger partial charge in [0, 0.05) is 59.2 Å². The zero-order valence-electron chi connectivity index (χ0n) is 23.1. The van der Waals surface area contributed by atoms with Gasteiger partial charge < -0.3 is 25.0 Å². The molecule has 41 heavy (non-hydrogen) atoms. The Bertz CT molecular complexity index is 1750. The van der Waals surface area contributed by atoms with Gasteiger partial charge in [-0.1, -0.05) is 36.4 Å². The highest BCUT2D eigenvalue weighted by Gasteiger charge is 2.54. The van der Waals surface area contributed by atoms with Crippen LogP contribution in [0.2, 0.25) is 0 Å². The third-order valence-electron chi connectivity index (χ3n) is 7.76. The molecule has 0 fully saturated rings. The van der Waals surface area contributed by atoms with Gasteiger partial charge in [-0.15, -0.1) is 0 Å². The van der Waals surface area contributed by atoms with Gasteiger partial charge in [-0.25, -0.2) is 4.79 Å². The van der Waals surface area contributed by atoms with Gasteiger partial charge in [0.05, 0.1) is 5.56 Å². The van der Waals surface area contributed by atoms with Gasteiger partial charge in [-0.3, -0.25) is 0 Å². The zero-order valence-corrected chi connectivity index (χ0v) is 23.1. The van der Waals surface area contributed by atoms with Crippen LogP contribution in [0.15, 0.2) is 109 Å². The first-order chi connectivity index (χ1) is 19.9. The van der Waals surface area contributed by atoms with E-state index in [-0.39, 0.29) is 5.97 Å². The van der Waals surface area contributed by atoms with Crippen molar-refractivity contribution in [2.75, 3.05) is 29.6 Å². The minimum absolute atomic E-state index is 0.329. The van der Waals surface area contributed by atoms with Gasteiger partial charge >= 0.3 is 5.97 Å². The van der Waals surface area contributed by atoms with Gasteiger partial charge in [0.25, 0.3) is 0 Å². The Morgan fingerprint density at radius 1 is 0.634 bits per heavy atom. The maximum atomic E-state index is 13.4. The van der Waals surface area contributed by atoms with E-state index in [0.29, 0.717) is 17.1 Å². The molecule has 0 amide bonds. The summed E-state index contributed by atoms with van der Waals surface area (Å²) in [6, 6.07) is 36.0. The molecule has 0 aromatic heterocycles. The highest BCUT2D eigenvalue weighted by Crippen LogP contribution is 2.56. The summed E-state index contributed by atoms with van der Waals surface area (Å²) in [5.74, 6) is 1.04. The first-order valence-electron chi connectivity index (χ1n) is 13.6. The number of fused-ring (bicyclic) bond motifs is 6. The molecule has 0 bridgehead atoms. The topological polar surface area (TPSA) is 62.8 Å². The van der Waals surface area contributed by atoms with Crippen LogP contribution >= 0.6 is 0 Å². The van der Waals surface area contributed by atoms with E-state index in [0.717, 1.165) is 50.7 Å². The Balaban J connectivity index is 1.23. The molecule has 2 heterocycles.